The number of benzene rings is 3. The van der Waals surface area contributed by atoms with Crippen LogP contribution in [0.3, 0.4) is 0 Å². The monoisotopic (exact) mass is 471 g/mol. The number of thioether (sulfide) groups is 1. The van der Waals surface area contributed by atoms with Gasteiger partial charge in [0.15, 0.2) is 5.58 Å². The second-order valence-corrected chi connectivity index (χ2v) is 8.38. The quantitative estimate of drug-likeness (QED) is 0.268. The normalized spacial score (nSPS) is 11.7. The maximum Gasteiger partial charge on any atom is 0.271 e. The molecule has 7 heteroatoms. The second-order valence-electron chi connectivity index (χ2n) is 7.42. The number of carbonyl (C=O) groups is 2. The van der Waals surface area contributed by atoms with Crippen LogP contribution in [0.15, 0.2) is 100 Å². The summed E-state index contributed by atoms with van der Waals surface area (Å²) in [5.41, 5.74) is 2.81. The molecule has 34 heavy (non-hydrogen) atoms. The molecule has 0 atom stereocenters. The maximum absolute atomic E-state index is 13.6. The summed E-state index contributed by atoms with van der Waals surface area (Å²) in [6.07, 6.45) is 0. The summed E-state index contributed by atoms with van der Waals surface area (Å²) in [4.78, 5) is 33.6. The van der Waals surface area contributed by atoms with E-state index >= 15 is 0 Å². The van der Waals surface area contributed by atoms with E-state index in [0.717, 1.165) is 11.1 Å². The Hall–Kier alpha value is -3.84. The molecule has 0 aliphatic carbocycles. The number of oxazole rings is 1. The molecule has 0 unspecified atom stereocenters. The highest BCUT2D eigenvalue weighted by atomic mass is 32.2. The molecule has 4 rings (SSSR count). The van der Waals surface area contributed by atoms with Gasteiger partial charge in [0.1, 0.15) is 11.2 Å². The summed E-state index contributed by atoms with van der Waals surface area (Å²) in [5.74, 6) is -0.626. The van der Waals surface area contributed by atoms with Crippen molar-refractivity contribution in [1.29, 1.82) is 0 Å². The Bertz CT molecular complexity index is 1280. The van der Waals surface area contributed by atoms with E-state index in [9.17, 15) is 9.59 Å². The summed E-state index contributed by atoms with van der Waals surface area (Å²) in [6, 6.07) is 25.8. The fourth-order valence-electron chi connectivity index (χ4n) is 3.48. The molecule has 0 spiro atoms. The van der Waals surface area contributed by atoms with Crippen LogP contribution in [0, 0.1) is 0 Å². The van der Waals surface area contributed by atoms with Crippen molar-refractivity contribution in [3.63, 3.8) is 0 Å². The number of aromatic nitrogens is 1. The number of carbonyl (C=O) groups excluding carboxylic acids is 2. The van der Waals surface area contributed by atoms with Gasteiger partial charge in [-0.2, -0.15) is 0 Å². The molecule has 0 radical (unpaired) electrons. The lowest BCUT2D eigenvalue weighted by atomic mass is 10.1. The van der Waals surface area contributed by atoms with E-state index < -0.39 is 0 Å². The lowest BCUT2D eigenvalue weighted by Gasteiger charge is -2.23. The van der Waals surface area contributed by atoms with Gasteiger partial charge in [-0.15, -0.1) is 0 Å². The molecule has 0 aliphatic rings. The Morgan fingerprint density at radius 2 is 1.44 bits per heavy atom. The minimum atomic E-state index is -0.359. The first-order chi connectivity index (χ1) is 16.6. The van der Waals surface area contributed by atoms with Crippen molar-refractivity contribution in [2.75, 3.05) is 13.1 Å². The van der Waals surface area contributed by atoms with Crippen molar-refractivity contribution in [3.05, 3.63) is 102 Å². The van der Waals surface area contributed by atoms with Crippen molar-refractivity contribution < 1.29 is 14.0 Å². The SMILES string of the molecule is CCN(CC)C(=O)C(NC(=O)c1ccccc1)=C(Sc1nc2ccccc2o1)c1ccccc1. The van der Waals surface area contributed by atoms with Gasteiger partial charge in [-0.25, -0.2) is 4.98 Å². The predicted octanol–water partition coefficient (Wildman–Crippen LogP) is 5.59. The Balaban J connectivity index is 1.84. The summed E-state index contributed by atoms with van der Waals surface area (Å²) in [6.45, 7) is 4.84. The van der Waals surface area contributed by atoms with Gasteiger partial charge < -0.3 is 14.6 Å². The van der Waals surface area contributed by atoms with Gasteiger partial charge in [0.05, 0.1) is 4.91 Å². The van der Waals surface area contributed by atoms with E-state index in [2.05, 4.69) is 10.3 Å². The highest BCUT2D eigenvalue weighted by molar-refractivity contribution is 8.08. The maximum atomic E-state index is 13.6. The number of nitrogens with zero attached hydrogens (tertiary/aromatic N) is 2. The summed E-state index contributed by atoms with van der Waals surface area (Å²) < 4.78 is 5.93. The molecule has 1 heterocycles. The highest BCUT2D eigenvalue weighted by Crippen LogP contribution is 2.37. The zero-order valence-electron chi connectivity index (χ0n) is 19.0. The average Bonchev–Trinajstić information content (AvgIpc) is 3.30. The van der Waals surface area contributed by atoms with E-state index in [1.54, 1.807) is 29.2 Å². The van der Waals surface area contributed by atoms with Crippen LogP contribution >= 0.6 is 11.8 Å². The zero-order valence-corrected chi connectivity index (χ0v) is 19.8. The Labute approximate surface area is 202 Å². The molecule has 0 aliphatic heterocycles. The number of hydrogen-bond acceptors (Lipinski definition) is 5. The van der Waals surface area contributed by atoms with Crippen molar-refractivity contribution in [3.8, 4) is 0 Å². The van der Waals surface area contributed by atoms with Gasteiger partial charge in [0.2, 0.25) is 0 Å². The number of fused-ring (bicyclic) bond motifs is 1. The van der Waals surface area contributed by atoms with Gasteiger partial charge in [-0.1, -0.05) is 60.7 Å². The number of rotatable bonds is 8. The molecule has 0 saturated heterocycles. The number of hydrogen-bond donors (Lipinski definition) is 1. The average molecular weight is 472 g/mol. The molecule has 2 amide bonds. The number of nitrogens with one attached hydrogen (secondary N) is 1. The number of amides is 2. The molecule has 6 nitrogen and oxygen atoms in total. The lowest BCUT2D eigenvalue weighted by Crippen LogP contribution is -2.38. The van der Waals surface area contributed by atoms with Crippen LogP contribution < -0.4 is 5.32 Å². The first-order valence-corrected chi connectivity index (χ1v) is 11.9. The first-order valence-electron chi connectivity index (χ1n) is 11.1. The Morgan fingerprint density at radius 3 is 2.06 bits per heavy atom. The summed E-state index contributed by atoms with van der Waals surface area (Å²) in [5, 5.41) is 3.28. The number of likely N-dealkylation sites (N-methyl/N-ethyl adjacent to an activating group) is 1. The van der Waals surface area contributed by atoms with Crippen LogP contribution in [0.5, 0.6) is 0 Å². The molecule has 1 aromatic heterocycles. The smallest absolute Gasteiger partial charge is 0.271 e. The van der Waals surface area contributed by atoms with Gasteiger partial charge in [0, 0.05) is 18.7 Å². The molecule has 1 N–H and O–H groups in total. The van der Waals surface area contributed by atoms with Crippen molar-refractivity contribution in [1.82, 2.24) is 15.2 Å². The highest BCUT2D eigenvalue weighted by Gasteiger charge is 2.25. The van der Waals surface area contributed by atoms with Crippen molar-refractivity contribution in [2.24, 2.45) is 0 Å². The lowest BCUT2D eigenvalue weighted by molar-refractivity contribution is -0.127. The predicted molar refractivity (Wildman–Crippen MR) is 135 cm³/mol. The minimum Gasteiger partial charge on any atom is -0.431 e. The molecular weight excluding hydrogens is 446 g/mol. The fourth-order valence-corrected chi connectivity index (χ4v) is 4.42. The summed E-state index contributed by atoms with van der Waals surface area (Å²) >= 11 is 1.22. The van der Waals surface area contributed by atoms with Crippen molar-refractivity contribution >= 4 is 39.6 Å². The van der Waals surface area contributed by atoms with Crippen LogP contribution in [0.1, 0.15) is 29.8 Å². The van der Waals surface area contributed by atoms with E-state index in [-0.39, 0.29) is 17.5 Å². The molecule has 3 aromatic carbocycles. The van der Waals surface area contributed by atoms with E-state index in [1.165, 1.54) is 11.8 Å². The molecule has 0 fully saturated rings. The molecular formula is C27H25N3O3S. The fraction of sp³-hybridized carbons (Fsp3) is 0.148. The Morgan fingerprint density at radius 1 is 0.853 bits per heavy atom. The topological polar surface area (TPSA) is 75.4 Å². The molecule has 0 saturated carbocycles. The van der Waals surface area contributed by atoms with Gasteiger partial charge in [-0.3, -0.25) is 9.59 Å². The number of para-hydroxylation sites is 2. The van der Waals surface area contributed by atoms with Crippen LogP contribution in [0.25, 0.3) is 16.0 Å². The standard InChI is InChI=1S/C27H25N3O3S/c1-3-30(4-2)26(32)23(29-25(31)20-15-9-6-10-16-20)24(19-13-7-5-8-14-19)34-27-28-21-17-11-12-18-22(21)33-27/h5-18H,3-4H2,1-2H3,(H,29,31). The molecule has 4 aromatic rings. The third-order valence-corrected chi connectivity index (χ3v) is 6.26. The largest absolute Gasteiger partial charge is 0.431 e. The summed E-state index contributed by atoms with van der Waals surface area (Å²) in [7, 11) is 0. The zero-order chi connectivity index (χ0) is 23.9. The van der Waals surface area contributed by atoms with Crippen molar-refractivity contribution in [2.45, 2.75) is 19.1 Å². The first kappa shape index (κ1) is 23.3. The molecule has 172 valence electrons. The van der Waals surface area contributed by atoms with Gasteiger partial charge in [-0.05, 0) is 55.4 Å². The van der Waals surface area contributed by atoms with Crippen LogP contribution in [0.4, 0.5) is 0 Å². The second kappa shape index (κ2) is 10.9. The van der Waals surface area contributed by atoms with E-state index in [1.807, 2.05) is 74.5 Å². The third kappa shape index (κ3) is 5.21. The Kier molecular flexibility index (Phi) is 7.44. The van der Waals surface area contributed by atoms with Crippen LogP contribution in [-0.4, -0.2) is 34.8 Å². The van der Waals surface area contributed by atoms with Gasteiger partial charge >= 0.3 is 0 Å². The third-order valence-electron chi connectivity index (χ3n) is 5.27. The van der Waals surface area contributed by atoms with Gasteiger partial charge in [0.25, 0.3) is 17.0 Å². The van der Waals surface area contributed by atoms with Crippen LogP contribution in [0.2, 0.25) is 0 Å². The minimum absolute atomic E-state index is 0.191. The molecule has 0 bridgehead atoms. The van der Waals surface area contributed by atoms with Crippen LogP contribution in [-0.2, 0) is 4.79 Å². The van der Waals surface area contributed by atoms with E-state index in [4.69, 9.17) is 4.42 Å². The van der Waals surface area contributed by atoms with E-state index in [0.29, 0.717) is 34.4 Å².